The van der Waals surface area contributed by atoms with E-state index < -0.39 is 0 Å². The molecule has 0 heterocycles. The van der Waals surface area contributed by atoms with E-state index in [9.17, 15) is 0 Å². The Bertz CT molecular complexity index is 157. The molecule has 0 aliphatic rings. The maximum absolute atomic E-state index is 8.64. The Labute approximate surface area is 95.6 Å². The van der Waals surface area contributed by atoms with Crippen molar-refractivity contribution in [3.8, 4) is 0 Å². The summed E-state index contributed by atoms with van der Waals surface area (Å²) in [4.78, 5) is 0. The average Bonchev–Trinajstić information content (AvgIpc) is 2.17. The van der Waals surface area contributed by atoms with Crippen molar-refractivity contribution in [1.29, 1.82) is 0 Å². The van der Waals surface area contributed by atoms with Crippen LogP contribution in [0.2, 0.25) is 0 Å². The number of hydrogen-bond acceptors (Lipinski definition) is 1. The Morgan fingerprint density at radius 3 is 2.33 bits per heavy atom. The number of allylic oxidation sites excluding steroid dienone is 2. The SMILES string of the molecule is CC(C)=CCC[C@@H](C)CCCCCCO. The third-order valence-electron chi connectivity index (χ3n) is 2.82. The molecule has 0 unspecified atom stereocenters. The van der Waals surface area contributed by atoms with Crippen molar-refractivity contribution in [2.24, 2.45) is 5.92 Å². The number of aliphatic hydroxyl groups excluding tert-OH is 1. The molecule has 1 heteroatoms. The molecule has 0 aliphatic heterocycles. The predicted octanol–water partition coefficient (Wildman–Crippen LogP) is 4.31. The van der Waals surface area contributed by atoms with Gasteiger partial charge in [-0.15, -0.1) is 0 Å². The molecule has 0 saturated heterocycles. The highest BCUT2D eigenvalue weighted by molar-refractivity contribution is 4.92. The molecule has 15 heavy (non-hydrogen) atoms. The molecule has 0 saturated carbocycles. The summed E-state index contributed by atoms with van der Waals surface area (Å²) in [5.74, 6) is 0.856. The maximum Gasteiger partial charge on any atom is 0.0431 e. The molecular weight excluding hydrogens is 184 g/mol. The van der Waals surface area contributed by atoms with E-state index in [0.717, 1.165) is 12.3 Å². The summed E-state index contributed by atoms with van der Waals surface area (Å²) in [6.45, 7) is 7.04. The molecule has 0 aromatic heterocycles. The van der Waals surface area contributed by atoms with Gasteiger partial charge in [-0.2, -0.15) is 0 Å². The molecule has 0 fully saturated rings. The van der Waals surface area contributed by atoms with Crippen LogP contribution < -0.4 is 0 Å². The summed E-state index contributed by atoms with van der Waals surface area (Å²) in [5.41, 5.74) is 1.44. The first-order chi connectivity index (χ1) is 7.16. The monoisotopic (exact) mass is 212 g/mol. The van der Waals surface area contributed by atoms with Crippen LogP contribution in [0, 0.1) is 5.92 Å². The topological polar surface area (TPSA) is 20.2 Å². The van der Waals surface area contributed by atoms with Gasteiger partial charge in [0.25, 0.3) is 0 Å². The normalized spacial score (nSPS) is 12.5. The van der Waals surface area contributed by atoms with Gasteiger partial charge in [-0.25, -0.2) is 0 Å². The second-order valence-corrected chi connectivity index (χ2v) is 4.89. The molecule has 0 aromatic rings. The third-order valence-corrected chi connectivity index (χ3v) is 2.82. The largest absolute Gasteiger partial charge is 0.396 e. The van der Waals surface area contributed by atoms with Gasteiger partial charge in [0.1, 0.15) is 0 Å². The third kappa shape index (κ3) is 11.6. The fourth-order valence-electron chi connectivity index (χ4n) is 1.76. The lowest BCUT2D eigenvalue weighted by Gasteiger charge is -2.09. The number of unbranched alkanes of at least 4 members (excludes halogenated alkanes) is 3. The van der Waals surface area contributed by atoms with Crippen LogP contribution in [0.15, 0.2) is 11.6 Å². The molecule has 0 aromatic carbocycles. The van der Waals surface area contributed by atoms with E-state index in [1.807, 2.05) is 0 Å². The van der Waals surface area contributed by atoms with Crippen molar-refractivity contribution in [3.05, 3.63) is 11.6 Å². The van der Waals surface area contributed by atoms with Gasteiger partial charge in [-0.05, 0) is 39.0 Å². The first-order valence-electron chi connectivity index (χ1n) is 6.41. The summed E-state index contributed by atoms with van der Waals surface area (Å²) in [5, 5.41) is 8.64. The van der Waals surface area contributed by atoms with Gasteiger partial charge < -0.3 is 5.11 Å². The number of aliphatic hydroxyl groups is 1. The second-order valence-electron chi connectivity index (χ2n) is 4.89. The van der Waals surface area contributed by atoms with Crippen LogP contribution in [-0.4, -0.2) is 11.7 Å². The van der Waals surface area contributed by atoms with Crippen LogP contribution in [0.1, 0.15) is 65.7 Å². The zero-order valence-corrected chi connectivity index (χ0v) is 10.8. The maximum atomic E-state index is 8.64. The zero-order chi connectivity index (χ0) is 11.5. The summed E-state index contributed by atoms with van der Waals surface area (Å²) in [6, 6.07) is 0. The minimum atomic E-state index is 0.357. The zero-order valence-electron chi connectivity index (χ0n) is 10.8. The summed E-state index contributed by atoms with van der Waals surface area (Å²) in [7, 11) is 0. The molecule has 0 aliphatic carbocycles. The van der Waals surface area contributed by atoms with E-state index in [2.05, 4.69) is 26.8 Å². The van der Waals surface area contributed by atoms with Crippen molar-refractivity contribution in [1.82, 2.24) is 0 Å². The number of rotatable bonds is 9. The molecule has 1 nitrogen and oxygen atoms in total. The second kappa shape index (κ2) is 10.2. The highest BCUT2D eigenvalue weighted by Gasteiger charge is 2.00. The first kappa shape index (κ1) is 14.7. The number of hydrogen-bond donors (Lipinski definition) is 1. The average molecular weight is 212 g/mol. The van der Waals surface area contributed by atoms with Crippen molar-refractivity contribution >= 4 is 0 Å². The van der Waals surface area contributed by atoms with Crippen molar-refractivity contribution in [2.75, 3.05) is 6.61 Å². The molecule has 1 N–H and O–H groups in total. The molecule has 90 valence electrons. The van der Waals surface area contributed by atoms with Crippen LogP contribution in [0.5, 0.6) is 0 Å². The highest BCUT2D eigenvalue weighted by atomic mass is 16.2. The molecule has 0 rings (SSSR count). The van der Waals surface area contributed by atoms with Crippen LogP contribution >= 0.6 is 0 Å². The lowest BCUT2D eigenvalue weighted by molar-refractivity contribution is 0.281. The summed E-state index contributed by atoms with van der Waals surface area (Å²) in [6.07, 6.45) is 11.0. The minimum absolute atomic E-state index is 0.357. The highest BCUT2D eigenvalue weighted by Crippen LogP contribution is 2.16. The van der Waals surface area contributed by atoms with Gasteiger partial charge in [0.2, 0.25) is 0 Å². The van der Waals surface area contributed by atoms with E-state index >= 15 is 0 Å². The minimum Gasteiger partial charge on any atom is -0.396 e. The van der Waals surface area contributed by atoms with Gasteiger partial charge in [-0.3, -0.25) is 0 Å². The smallest absolute Gasteiger partial charge is 0.0431 e. The van der Waals surface area contributed by atoms with Crippen molar-refractivity contribution in [2.45, 2.75) is 65.7 Å². The van der Waals surface area contributed by atoms with E-state index in [-0.39, 0.29) is 0 Å². The molecular formula is C14H28O. The van der Waals surface area contributed by atoms with Gasteiger partial charge in [0.15, 0.2) is 0 Å². The Balaban J connectivity index is 3.26. The fourth-order valence-corrected chi connectivity index (χ4v) is 1.76. The molecule has 0 bridgehead atoms. The van der Waals surface area contributed by atoms with Crippen LogP contribution in [-0.2, 0) is 0 Å². The molecule has 1 atom stereocenters. The molecule has 0 radical (unpaired) electrons. The molecule has 0 spiro atoms. The van der Waals surface area contributed by atoms with Gasteiger partial charge in [0.05, 0.1) is 0 Å². The van der Waals surface area contributed by atoms with Crippen LogP contribution in [0.4, 0.5) is 0 Å². The van der Waals surface area contributed by atoms with Crippen molar-refractivity contribution in [3.63, 3.8) is 0 Å². The Kier molecular flexibility index (Phi) is 10.0. The first-order valence-corrected chi connectivity index (χ1v) is 6.41. The predicted molar refractivity (Wildman–Crippen MR) is 68.0 cm³/mol. The summed E-state index contributed by atoms with van der Waals surface area (Å²) < 4.78 is 0. The Morgan fingerprint density at radius 2 is 1.73 bits per heavy atom. The lowest BCUT2D eigenvalue weighted by Crippen LogP contribution is -1.94. The standard InChI is InChI=1S/C14H28O/c1-13(2)9-8-11-14(3)10-6-4-5-7-12-15/h9,14-15H,4-8,10-12H2,1-3H3/t14-/m0/s1. The van der Waals surface area contributed by atoms with Crippen LogP contribution in [0.3, 0.4) is 0 Å². The van der Waals surface area contributed by atoms with E-state index in [1.165, 1.54) is 44.1 Å². The van der Waals surface area contributed by atoms with Crippen LogP contribution in [0.25, 0.3) is 0 Å². The Morgan fingerprint density at radius 1 is 1.07 bits per heavy atom. The van der Waals surface area contributed by atoms with E-state index in [4.69, 9.17) is 5.11 Å². The van der Waals surface area contributed by atoms with E-state index in [1.54, 1.807) is 0 Å². The quantitative estimate of drug-likeness (QED) is 0.446. The lowest BCUT2D eigenvalue weighted by atomic mass is 9.97. The fraction of sp³-hybridized carbons (Fsp3) is 0.857. The van der Waals surface area contributed by atoms with Gasteiger partial charge >= 0.3 is 0 Å². The molecule has 0 amide bonds. The Hall–Kier alpha value is -0.300. The van der Waals surface area contributed by atoms with E-state index in [0.29, 0.717) is 6.61 Å². The van der Waals surface area contributed by atoms with Crippen molar-refractivity contribution < 1.29 is 5.11 Å². The summed E-state index contributed by atoms with van der Waals surface area (Å²) >= 11 is 0. The van der Waals surface area contributed by atoms with Gasteiger partial charge in [0, 0.05) is 6.61 Å². The van der Waals surface area contributed by atoms with Gasteiger partial charge in [-0.1, -0.05) is 44.3 Å².